The second kappa shape index (κ2) is 8.30. The highest BCUT2D eigenvalue weighted by atomic mass is 19.2. The lowest BCUT2D eigenvalue weighted by Gasteiger charge is -2.28. The number of aryl methyl sites for hydroxylation is 1. The molecule has 1 aliphatic heterocycles. The molecule has 2 unspecified atom stereocenters. The summed E-state index contributed by atoms with van der Waals surface area (Å²) < 4.78 is 34.0. The van der Waals surface area contributed by atoms with Crippen molar-refractivity contribution in [1.29, 1.82) is 0 Å². The van der Waals surface area contributed by atoms with E-state index in [1.54, 1.807) is 16.9 Å². The molecule has 1 aromatic carbocycles. The summed E-state index contributed by atoms with van der Waals surface area (Å²) in [7, 11) is 0. The first-order valence-electron chi connectivity index (χ1n) is 8.18. The minimum atomic E-state index is -0.893. The van der Waals surface area contributed by atoms with Crippen molar-refractivity contribution in [1.82, 2.24) is 15.0 Å². The summed E-state index contributed by atoms with van der Waals surface area (Å²) in [6.45, 7) is 6.03. The van der Waals surface area contributed by atoms with Gasteiger partial charge in [0.2, 0.25) is 0 Å². The van der Waals surface area contributed by atoms with Gasteiger partial charge in [-0.1, -0.05) is 19.1 Å². The monoisotopic (exact) mass is 339 g/mol. The quantitative estimate of drug-likeness (QED) is 0.932. The fourth-order valence-corrected chi connectivity index (χ4v) is 2.69. The highest BCUT2D eigenvalue weighted by molar-refractivity contribution is 5.59. The second-order valence-electron chi connectivity index (χ2n) is 5.53. The zero-order valence-electron chi connectivity index (χ0n) is 14.2. The number of benzene rings is 1. The number of rotatable bonds is 3. The Balaban J connectivity index is 0.00000100. The van der Waals surface area contributed by atoms with Crippen molar-refractivity contribution < 1.29 is 18.6 Å². The summed E-state index contributed by atoms with van der Waals surface area (Å²) >= 11 is 0. The Morgan fingerprint density at radius 1 is 1.33 bits per heavy atom. The lowest BCUT2D eigenvalue weighted by Crippen LogP contribution is -2.30. The van der Waals surface area contributed by atoms with Crippen molar-refractivity contribution in [3.63, 3.8) is 0 Å². The smallest absolute Gasteiger partial charge is 0.161 e. The van der Waals surface area contributed by atoms with Gasteiger partial charge in [-0.3, -0.25) is 0 Å². The first kappa shape index (κ1) is 18.5. The molecule has 2 aromatic rings. The van der Waals surface area contributed by atoms with Gasteiger partial charge in [0.25, 0.3) is 0 Å². The van der Waals surface area contributed by atoms with Crippen LogP contribution in [0.5, 0.6) is 0 Å². The maximum Gasteiger partial charge on any atom is 0.161 e. The Kier molecular flexibility index (Phi) is 6.39. The first-order chi connectivity index (χ1) is 11.6. The van der Waals surface area contributed by atoms with Gasteiger partial charge in [0.15, 0.2) is 11.6 Å². The van der Waals surface area contributed by atoms with Gasteiger partial charge in [-0.2, -0.15) is 0 Å². The molecule has 24 heavy (non-hydrogen) atoms. The van der Waals surface area contributed by atoms with Gasteiger partial charge in [0, 0.05) is 12.2 Å². The Morgan fingerprint density at radius 3 is 2.75 bits per heavy atom. The highest BCUT2D eigenvalue weighted by Gasteiger charge is 2.24. The summed E-state index contributed by atoms with van der Waals surface area (Å²) in [5, 5.41) is 17.3. The number of hydrogen-bond acceptors (Lipinski definition) is 4. The minimum Gasteiger partial charge on any atom is -0.394 e. The van der Waals surface area contributed by atoms with E-state index in [0.29, 0.717) is 24.3 Å². The fourth-order valence-electron chi connectivity index (χ4n) is 2.69. The Labute approximate surface area is 140 Å². The molecule has 0 aliphatic carbocycles. The minimum absolute atomic E-state index is 0.0274. The van der Waals surface area contributed by atoms with Gasteiger partial charge in [-0.25, -0.2) is 13.5 Å². The van der Waals surface area contributed by atoms with Crippen LogP contribution in [-0.4, -0.2) is 39.4 Å². The molecule has 3 rings (SSSR count). The zero-order valence-corrected chi connectivity index (χ0v) is 14.2. The number of aromatic nitrogens is 3. The SMILES string of the molecule is CC.Cc1cc(-c2cn(C3CCOC(CO)C3)nn2)cc(F)c1F. The van der Waals surface area contributed by atoms with Crippen LogP contribution in [0.15, 0.2) is 18.3 Å². The van der Waals surface area contributed by atoms with Crippen LogP contribution in [-0.2, 0) is 4.74 Å². The number of halogens is 2. The molecule has 132 valence electrons. The number of ether oxygens (including phenoxy) is 1. The maximum atomic E-state index is 13.5. The molecule has 1 N–H and O–H groups in total. The van der Waals surface area contributed by atoms with E-state index < -0.39 is 11.6 Å². The molecule has 0 bridgehead atoms. The third kappa shape index (κ3) is 3.96. The summed E-state index contributed by atoms with van der Waals surface area (Å²) in [5.74, 6) is -1.73. The normalized spacial score (nSPS) is 20.4. The molecular formula is C17H23F2N3O2. The second-order valence-corrected chi connectivity index (χ2v) is 5.53. The van der Waals surface area contributed by atoms with Crippen LogP contribution in [0.1, 0.15) is 38.3 Å². The van der Waals surface area contributed by atoms with Crippen LogP contribution in [0.2, 0.25) is 0 Å². The van der Waals surface area contributed by atoms with Crippen molar-refractivity contribution in [3.05, 3.63) is 35.5 Å². The third-order valence-electron chi connectivity index (χ3n) is 3.93. The van der Waals surface area contributed by atoms with Gasteiger partial charge in [-0.05, 0) is 37.5 Å². The molecule has 1 aromatic heterocycles. The molecule has 0 amide bonds. The van der Waals surface area contributed by atoms with Crippen LogP contribution in [0.4, 0.5) is 8.78 Å². The Bertz CT molecular complexity index is 653. The van der Waals surface area contributed by atoms with E-state index in [9.17, 15) is 13.9 Å². The van der Waals surface area contributed by atoms with Gasteiger partial charge >= 0.3 is 0 Å². The van der Waals surface area contributed by atoms with Crippen LogP contribution in [0.3, 0.4) is 0 Å². The molecule has 7 heteroatoms. The maximum absolute atomic E-state index is 13.5. The van der Waals surface area contributed by atoms with Crippen LogP contribution < -0.4 is 0 Å². The lowest BCUT2D eigenvalue weighted by atomic mass is 10.0. The molecule has 2 heterocycles. The predicted octanol–water partition coefficient (Wildman–Crippen LogP) is 3.27. The van der Waals surface area contributed by atoms with E-state index in [2.05, 4.69) is 10.3 Å². The van der Waals surface area contributed by atoms with Gasteiger partial charge in [0.05, 0.1) is 24.9 Å². The largest absolute Gasteiger partial charge is 0.394 e. The summed E-state index contributed by atoms with van der Waals surface area (Å²) in [6, 6.07) is 2.75. The van der Waals surface area contributed by atoms with Gasteiger partial charge in [0.1, 0.15) is 5.69 Å². The highest BCUT2D eigenvalue weighted by Crippen LogP contribution is 2.27. The molecule has 0 radical (unpaired) electrons. The van der Waals surface area contributed by atoms with Crippen LogP contribution in [0, 0.1) is 18.6 Å². The van der Waals surface area contributed by atoms with E-state index in [1.165, 1.54) is 6.92 Å². The van der Waals surface area contributed by atoms with Gasteiger partial charge in [-0.15, -0.1) is 5.10 Å². The van der Waals surface area contributed by atoms with E-state index in [0.717, 1.165) is 12.5 Å². The van der Waals surface area contributed by atoms with Crippen molar-refractivity contribution in [2.24, 2.45) is 0 Å². The van der Waals surface area contributed by atoms with E-state index in [1.807, 2.05) is 13.8 Å². The topological polar surface area (TPSA) is 60.2 Å². The van der Waals surface area contributed by atoms with Crippen LogP contribution >= 0.6 is 0 Å². The molecular weight excluding hydrogens is 316 g/mol. The van der Waals surface area contributed by atoms with Gasteiger partial charge < -0.3 is 9.84 Å². The number of aliphatic hydroxyl groups is 1. The number of hydrogen-bond donors (Lipinski definition) is 1. The average Bonchev–Trinajstić information content (AvgIpc) is 3.11. The number of aliphatic hydroxyl groups excluding tert-OH is 1. The van der Waals surface area contributed by atoms with Crippen LogP contribution in [0.25, 0.3) is 11.3 Å². The van der Waals surface area contributed by atoms with E-state index in [4.69, 9.17) is 4.74 Å². The van der Waals surface area contributed by atoms with E-state index in [-0.39, 0.29) is 24.3 Å². The summed E-state index contributed by atoms with van der Waals surface area (Å²) in [6.07, 6.45) is 2.94. The third-order valence-corrected chi connectivity index (χ3v) is 3.93. The van der Waals surface area contributed by atoms with Crippen molar-refractivity contribution in [2.75, 3.05) is 13.2 Å². The molecule has 1 saturated heterocycles. The van der Waals surface area contributed by atoms with Crippen molar-refractivity contribution in [2.45, 2.75) is 45.8 Å². The average molecular weight is 339 g/mol. The summed E-state index contributed by atoms with van der Waals surface area (Å²) in [4.78, 5) is 0. The molecule has 0 saturated carbocycles. The molecule has 0 spiro atoms. The molecule has 2 atom stereocenters. The van der Waals surface area contributed by atoms with Crippen molar-refractivity contribution in [3.8, 4) is 11.3 Å². The molecule has 5 nitrogen and oxygen atoms in total. The Hall–Kier alpha value is -1.86. The molecule has 1 fully saturated rings. The summed E-state index contributed by atoms with van der Waals surface area (Å²) in [5.41, 5.74) is 1.22. The van der Waals surface area contributed by atoms with E-state index >= 15 is 0 Å². The zero-order chi connectivity index (χ0) is 17.7. The Morgan fingerprint density at radius 2 is 2.08 bits per heavy atom. The first-order valence-corrected chi connectivity index (χ1v) is 8.18. The number of nitrogens with zero attached hydrogens (tertiary/aromatic N) is 3. The standard InChI is InChI=1S/C15H17F2N3O2.C2H6/c1-9-4-10(5-13(16)15(9)17)14-7-20(19-18-14)11-2-3-22-12(6-11)8-21;1-2/h4-5,7,11-12,21H,2-3,6,8H2,1H3;1-2H3. The predicted molar refractivity (Wildman–Crippen MR) is 86.6 cm³/mol. The lowest BCUT2D eigenvalue weighted by molar-refractivity contribution is -0.0367. The van der Waals surface area contributed by atoms with Crippen molar-refractivity contribution >= 4 is 0 Å². The molecule has 1 aliphatic rings. The fraction of sp³-hybridized carbons (Fsp3) is 0.529.